The van der Waals surface area contributed by atoms with Gasteiger partial charge in [0.2, 0.25) is 5.89 Å². The highest BCUT2D eigenvalue weighted by Crippen LogP contribution is 2.13. The van der Waals surface area contributed by atoms with Gasteiger partial charge in [0, 0.05) is 18.4 Å². The lowest BCUT2D eigenvalue weighted by atomic mass is 10.1. The molecule has 0 aliphatic rings. The van der Waals surface area contributed by atoms with Gasteiger partial charge in [0.15, 0.2) is 5.82 Å². The molecule has 0 spiro atoms. The zero-order valence-corrected chi connectivity index (χ0v) is 11.0. The largest absolute Gasteiger partial charge is 0.385 e. The van der Waals surface area contributed by atoms with Crippen molar-refractivity contribution >= 4 is 16.6 Å². The van der Waals surface area contributed by atoms with Crippen LogP contribution >= 0.6 is 0 Å². The van der Waals surface area contributed by atoms with Crippen molar-refractivity contribution in [1.29, 1.82) is 0 Å². The van der Waals surface area contributed by atoms with Gasteiger partial charge < -0.3 is 10.3 Å². The Hall–Kier alpha value is -2.63. The smallest absolute Gasteiger partial charge is 0.259 e. The fraction of sp³-hybridized carbons (Fsp3) is 0.214. The maximum absolute atomic E-state index is 12.4. The Morgan fingerprint density at radius 2 is 2.15 bits per heavy atom. The summed E-state index contributed by atoms with van der Waals surface area (Å²) in [5.41, 5.74) is 5.85. The van der Waals surface area contributed by atoms with Crippen LogP contribution in [0, 0.1) is 6.92 Å². The summed E-state index contributed by atoms with van der Waals surface area (Å²) in [6, 6.07) is 9.19. The van der Waals surface area contributed by atoms with Gasteiger partial charge in [0.25, 0.3) is 5.56 Å². The first-order chi connectivity index (χ1) is 9.65. The van der Waals surface area contributed by atoms with Crippen LogP contribution in [-0.2, 0) is 13.0 Å². The summed E-state index contributed by atoms with van der Waals surface area (Å²) < 4.78 is 6.57. The van der Waals surface area contributed by atoms with Crippen molar-refractivity contribution < 1.29 is 4.52 Å². The van der Waals surface area contributed by atoms with Crippen molar-refractivity contribution in [3.8, 4) is 0 Å². The molecule has 20 heavy (non-hydrogen) atoms. The number of nitrogen functional groups attached to an aromatic ring is 1. The van der Waals surface area contributed by atoms with E-state index < -0.39 is 0 Å². The third-order valence-electron chi connectivity index (χ3n) is 3.17. The number of rotatable bonds is 3. The molecule has 0 bridgehead atoms. The number of hydrogen-bond acceptors (Lipinski definition) is 5. The third kappa shape index (κ3) is 2.16. The maximum atomic E-state index is 12.4. The molecule has 0 unspecified atom stereocenters. The summed E-state index contributed by atoms with van der Waals surface area (Å²) in [4.78, 5) is 16.5. The first-order valence-corrected chi connectivity index (χ1v) is 6.32. The monoisotopic (exact) mass is 270 g/mol. The van der Waals surface area contributed by atoms with E-state index in [-0.39, 0.29) is 5.56 Å². The van der Waals surface area contributed by atoms with Crippen molar-refractivity contribution in [2.75, 3.05) is 5.73 Å². The SMILES string of the molecule is Cc1noc(CCn2c(N)cc3ccccc3c2=O)n1. The van der Waals surface area contributed by atoms with Gasteiger partial charge in [-0.05, 0) is 24.4 Å². The zero-order chi connectivity index (χ0) is 14.1. The topological polar surface area (TPSA) is 86.9 Å². The number of benzene rings is 1. The van der Waals surface area contributed by atoms with Crippen LogP contribution in [0.2, 0.25) is 0 Å². The number of hydrogen-bond donors (Lipinski definition) is 1. The van der Waals surface area contributed by atoms with Gasteiger partial charge in [-0.1, -0.05) is 23.4 Å². The number of nitrogens with two attached hydrogens (primary N) is 1. The minimum Gasteiger partial charge on any atom is -0.385 e. The zero-order valence-electron chi connectivity index (χ0n) is 11.0. The molecule has 0 amide bonds. The first kappa shape index (κ1) is 12.4. The van der Waals surface area contributed by atoms with E-state index in [1.165, 1.54) is 4.57 Å². The molecule has 3 aromatic rings. The third-order valence-corrected chi connectivity index (χ3v) is 3.17. The Morgan fingerprint density at radius 3 is 2.90 bits per heavy atom. The van der Waals surface area contributed by atoms with Gasteiger partial charge in [-0.3, -0.25) is 9.36 Å². The van der Waals surface area contributed by atoms with E-state index in [2.05, 4.69) is 10.1 Å². The molecule has 102 valence electrons. The fourth-order valence-electron chi connectivity index (χ4n) is 2.20. The van der Waals surface area contributed by atoms with Gasteiger partial charge in [0.05, 0.1) is 0 Å². The van der Waals surface area contributed by atoms with Gasteiger partial charge in [-0.2, -0.15) is 4.98 Å². The summed E-state index contributed by atoms with van der Waals surface area (Å²) in [5, 5.41) is 5.22. The molecule has 0 saturated heterocycles. The summed E-state index contributed by atoms with van der Waals surface area (Å²) in [6.07, 6.45) is 0.475. The van der Waals surface area contributed by atoms with E-state index in [9.17, 15) is 4.79 Å². The second-order valence-electron chi connectivity index (χ2n) is 4.60. The van der Waals surface area contributed by atoms with E-state index in [0.29, 0.717) is 35.9 Å². The molecule has 2 aromatic heterocycles. The predicted molar refractivity (Wildman–Crippen MR) is 75.4 cm³/mol. The minimum atomic E-state index is -0.100. The Balaban J connectivity index is 1.97. The van der Waals surface area contributed by atoms with Crippen LogP contribution in [0.25, 0.3) is 10.8 Å². The van der Waals surface area contributed by atoms with Crippen molar-refractivity contribution in [1.82, 2.24) is 14.7 Å². The molecule has 1 aromatic carbocycles. The number of anilines is 1. The molecular weight excluding hydrogens is 256 g/mol. The standard InChI is InChI=1S/C14H14N4O2/c1-9-16-13(20-17-9)6-7-18-12(15)8-10-4-2-3-5-11(10)14(18)19/h2-5,8H,6-7,15H2,1H3. The quantitative estimate of drug-likeness (QED) is 0.779. The second kappa shape index (κ2) is 4.80. The van der Waals surface area contributed by atoms with Crippen LogP contribution in [0.3, 0.4) is 0 Å². The predicted octanol–water partition coefficient (Wildman–Crippen LogP) is 1.52. The number of pyridine rings is 1. The maximum Gasteiger partial charge on any atom is 0.259 e. The Bertz CT molecular complexity index is 819. The summed E-state index contributed by atoms with van der Waals surface area (Å²) in [5.74, 6) is 1.52. The molecule has 6 heteroatoms. The molecular formula is C14H14N4O2. The van der Waals surface area contributed by atoms with Crippen molar-refractivity contribution in [2.24, 2.45) is 0 Å². The van der Waals surface area contributed by atoms with E-state index in [1.807, 2.05) is 18.2 Å². The molecule has 2 heterocycles. The summed E-state index contributed by atoms with van der Waals surface area (Å²) >= 11 is 0. The first-order valence-electron chi connectivity index (χ1n) is 6.32. The number of aromatic nitrogens is 3. The lowest BCUT2D eigenvalue weighted by molar-refractivity contribution is 0.368. The second-order valence-corrected chi connectivity index (χ2v) is 4.60. The molecule has 0 fully saturated rings. The van der Waals surface area contributed by atoms with E-state index in [0.717, 1.165) is 5.39 Å². The number of fused-ring (bicyclic) bond motifs is 1. The molecule has 6 nitrogen and oxygen atoms in total. The highest BCUT2D eigenvalue weighted by Gasteiger charge is 2.09. The molecule has 3 rings (SSSR count). The average Bonchev–Trinajstić information content (AvgIpc) is 2.84. The molecule has 0 aliphatic heterocycles. The van der Waals surface area contributed by atoms with Crippen LogP contribution in [0.5, 0.6) is 0 Å². The van der Waals surface area contributed by atoms with Gasteiger partial charge >= 0.3 is 0 Å². The van der Waals surface area contributed by atoms with Crippen LogP contribution in [0.4, 0.5) is 5.82 Å². The van der Waals surface area contributed by atoms with Crippen molar-refractivity contribution in [3.05, 3.63) is 52.4 Å². The van der Waals surface area contributed by atoms with Crippen LogP contribution < -0.4 is 11.3 Å². The normalized spacial score (nSPS) is 11.1. The van der Waals surface area contributed by atoms with Crippen molar-refractivity contribution in [2.45, 2.75) is 19.9 Å². The Kier molecular flexibility index (Phi) is 2.98. The summed E-state index contributed by atoms with van der Waals surface area (Å²) in [6.45, 7) is 2.17. The highest BCUT2D eigenvalue weighted by molar-refractivity contribution is 5.83. The average molecular weight is 270 g/mol. The van der Waals surface area contributed by atoms with E-state index in [4.69, 9.17) is 10.3 Å². The molecule has 0 aliphatic carbocycles. The molecule has 0 saturated carbocycles. The molecule has 2 N–H and O–H groups in total. The van der Waals surface area contributed by atoms with Crippen LogP contribution in [-0.4, -0.2) is 14.7 Å². The van der Waals surface area contributed by atoms with Crippen LogP contribution in [0.15, 0.2) is 39.6 Å². The Morgan fingerprint density at radius 1 is 1.35 bits per heavy atom. The highest BCUT2D eigenvalue weighted by atomic mass is 16.5. The van der Waals surface area contributed by atoms with E-state index in [1.54, 1.807) is 19.1 Å². The van der Waals surface area contributed by atoms with Gasteiger partial charge in [-0.25, -0.2) is 0 Å². The minimum absolute atomic E-state index is 0.100. The number of nitrogens with zero attached hydrogens (tertiary/aromatic N) is 3. The summed E-state index contributed by atoms with van der Waals surface area (Å²) in [7, 11) is 0. The molecule has 0 radical (unpaired) electrons. The van der Waals surface area contributed by atoms with Gasteiger partial charge in [-0.15, -0.1) is 0 Å². The van der Waals surface area contributed by atoms with Gasteiger partial charge in [0.1, 0.15) is 5.82 Å². The Labute approximate surface area is 114 Å². The number of aryl methyl sites for hydroxylation is 2. The molecule has 0 atom stereocenters. The van der Waals surface area contributed by atoms with Crippen molar-refractivity contribution in [3.63, 3.8) is 0 Å². The van der Waals surface area contributed by atoms with Crippen LogP contribution in [0.1, 0.15) is 11.7 Å². The lowest BCUT2D eigenvalue weighted by Crippen LogP contribution is -2.24. The fourth-order valence-corrected chi connectivity index (χ4v) is 2.20. The van der Waals surface area contributed by atoms with E-state index >= 15 is 0 Å². The lowest BCUT2D eigenvalue weighted by Gasteiger charge is -2.09.